The zero-order chi connectivity index (χ0) is 14.5. The molecule has 2 rings (SSSR count). The van der Waals surface area contributed by atoms with Crippen LogP contribution in [0, 0.1) is 0 Å². The van der Waals surface area contributed by atoms with E-state index in [-0.39, 0.29) is 0 Å². The van der Waals surface area contributed by atoms with Gasteiger partial charge in [-0.1, -0.05) is 53.3 Å². The lowest BCUT2D eigenvalue weighted by Gasteiger charge is -2.35. The molecule has 20 heavy (non-hydrogen) atoms. The van der Waals surface area contributed by atoms with Gasteiger partial charge in [0.05, 0.1) is 0 Å². The lowest BCUT2D eigenvalue weighted by molar-refractivity contribution is 0.606. The largest absolute Gasteiger partial charge is 0.366 e. The maximum absolute atomic E-state index is 2.59. The molecule has 1 aliphatic heterocycles. The lowest BCUT2D eigenvalue weighted by atomic mass is 10.1. The monoisotopic (exact) mass is 287 g/mol. The van der Waals surface area contributed by atoms with E-state index in [2.05, 4.69) is 56.9 Å². The van der Waals surface area contributed by atoms with E-state index in [0.29, 0.717) is 12.1 Å². The minimum atomic E-state index is -0.511. The summed E-state index contributed by atoms with van der Waals surface area (Å²) in [5.41, 5.74) is 3.11. The van der Waals surface area contributed by atoms with Crippen molar-refractivity contribution in [3.63, 3.8) is 0 Å². The third kappa shape index (κ3) is 4.03. The Hall–Kier alpha value is -0.448. The summed E-state index contributed by atoms with van der Waals surface area (Å²) in [5, 5.41) is 4.54. The van der Waals surface area contributed by atoms with Crippen molar-refractivity contribution in [3.05, 3.63) is 29.8 Å². The van der Waals surface area contributed by atoms with Gasteiger partial charge in [0.2, 0.25) is 0 Å². The molecule has 0 aromatic heterocycles. The van der Waals surface area contributed by atoms with Crippen LogP contribution in [-0.2, 0) is 5.28 Å². The van der Waals surface area contributed by atoms with Gasteiger partial charge in [-0.15, -0.1) is 0 Å². The summed E-state index contributed by atoms with van der Waals surface area (Å²) in [6.07, 6.45) is 4.48. The highest BCUT2D eigenvalue weighted by atomic mass is 27.2. The topological polar surface area (TPSA) is 3.24 Å². The van der Waals surface area contributed by atoms with Crippen molar-refractivity contribution in [1.82, 2.24) is 0 Å². The number of para-hydroxylation sites is 1. The average molecular weight is 287 g/mol. The summed E-state index contributed by atoms with van der Waals surface area (Å²) in [6, 6.07) is 10.3. The van der Waals surface area contributed by atoms with E-state index >= 15 is 0 Å². The summed E-state index contributed by atoms with van der Waals surface area (Å²) >= 11 is -0.511. The number of anilines is 1. The Morgan fingerprint density at radius 1 is 0.950 bits per heavy atom. The molecule has 0 amide bonds. The standard InChI is InChI=1S/C13H20N.C5H10.Al/c1-10(2)14(11(3)4)13-9-7-6-8-12(13)5;1-3-5-4-2;/h6-11H,5H2,1-4H3;1-5H2;. The van der Waals surface area contributed by atoms with E-state index in [0.717, 1.165) is 0 Å². The van der Waals surface area contributed by atoms with Gasteiger partial charge in [-0.3, -0.25) is 0 Å². The van der Waals surface area contributed by atoms with Crippen LogP contribution in [-0.4, -0.2) is 26.2 Å². The second-order valence-electron chi connectivity index (χ2n) is 6.93. The van der Waals surface area contributed by atoms with Crippen LogP contribution < -0.4 is 4.90 Å². The van der Waals surface area contributed by atoms with E-state index in [1.807, 2.05) is 0 Å². The van der Waals surface area contributed by atoms with Crippen molar-refractivity contribution < 1.29 is 0 Å². The lowest BCUT2D eigenvalue weighted by Crippen LogP contribution is -2.38. The smallest absolute Gasteiger partial charge is 0.267 e. The molecule has 0 atom stereocenters. The number of hydrogen-bond donors (Lipinski definition) is 0. The van der Waals surface area contributed by atoms with E-state index in [9.17, 15) is 0 Å². The fourth-order valence-electron chi connectivity index (χ4n) is 3.79. The second kappa shape index (κ2) is 7.53. The number of nitrogens with zero attached hydrogens (tertiary/aromatic N) is 1. The SMILES string of the molecule is CC(C)N(c1ccccc1[CH2][Al]1[CH2]CCC[CH2]1)C(C)C. The zero-order valence-corrected chi connectivity index (χ0v) is 14.9. The van der Waals surface area contributed by atoms with Crippen LogP contribution in [0.4, 0.5) is 5.69 Å². The third-order valence-corrected chi connectivity index (χ3v) is 8.08. The molecule has 1 heterocycles. The molecule has 0 bridgehead atoms. The summed E-state index contributed by atoms with van der Waals surface area (Å²) in [6.45, 7) is 9.26. The van der Waals surface area contributed by atoms with E-state index in [1.165, 1.54) is 30.2 Å². The minimum Gasteiger partial charge on any atom is -0.366 e. The molecule has 110 valence electrons. The van der Waals surface area contributed by atoms with Crippen LogP contribution in [0.2, 0.25) is 10.6 Å². The van der Waals surface area contributed by atoms with Crippen molar-refractivity contribution >= 4 is 19.8 Å². The van der Waals surface area contributed by atoms with Crippen LogP contribution in [0.15, 0.2) is 24.3 Å². The Morgan fingerprint density at radius 2 is 1.55 bits per heavy atom. The van der Waals surface area contributed by atoms with E-state index in [4.69, 9.17) is 0 Å². The maximum atomic E-state index is 2.59. The van der Waals surface area contributed by atoms with Crippen molar-refractivity contribution in [2.45, 2.75) is 74.9 Å². The normalized spacial score (nSPS) is 16.0. The summed E-state index contributed by atoms with van der Waals surface area (Å²) < 4.78 is 0. The Morgan fingerprint density at radius 3 is 2.15 bits per heavy atom. The first-order valence-corrected chi connectivity index (χ1v) is 10.9. The zero-order valence-electron chi connectivity index (χ0n) is 13.7. The predicted octanol–water partition coefficient (Wildman–Crippen LogP) is 5.07. The Labute approximate surface area is 129 Å². The molecule has 1 fully saturated rings. The van der Waals surface area contributed by atoms with Crippen molar-refractivity contribution in [2.24, 2.45) is 0 Å². The Bertz CT molecular complexity index is 400. The molecule has 0 N–H and O–H groups in total. The fraction of sp³-hybridized carbons (Fsp3) is 0.667. The maximum Gasteiger partial charge on any atom is 0.267 e. The van der Waals surface area contributed by atoms with Gasteiger partial charge in [0.25, 0.3) is 14.1 Å². The first-order valence-electron chi connectivity index (χ1n) is 8.46. The van der Waals surface area contributed by atoms with Gasteiger partial charge in [0.1, 0.15) is 0 Å². The summed E-state index contributed by atoms with van der Waals surface area (Å²) in [4.78, 5) is 2.59. The first kappa shape index (κ1) is 15.9. The van der Waals surface area contributed by atoms with Crippen LogP contribution in [0.5, 0.6) is 0 Å². The fourth-order valence-corrected chi connectivity index (χ4v) is 7.19. The van der Waals surface area contributed by atoms with Crippen LogP contribution in [0.3, 0.4) is 0 Å². The molecule has 1 aromatic rings. The van der Waals surface area contributed by atoms with Crippen molar-refractivity contribution in [3.8, 4) is 0 Å². The second-order valence-corrected chi connectivity index (χ2v) is 10.2. The van der Waals surface area contributed by atoms with Gasteiger partial charge < -0.3 is 4.90 Å². The molecule has 1 aromatic carbocycles. The van der Waals surface area contributed by atoms with Gasteiger partial charge in [-0.05, 0) is 39.3 Å². The van der Waals surface area contributed by atoms with Crippen molar-refractivity contribution in [2.75, 3.05) is 4.90 Å². The molecule has 0 spiro atoms. The van der Waals surface area contributed by atoms with E-state index < -0.39 is 14.1 Å². The quantitative estimate of drug-likeness (QED) is 0.683. The molecule has 1 saturated heterocycles. The molecule has 0 unspecified atom stereocenters. The van der Waals surface area contributed by atoms with Crippen LogP contribution in [0.1, 0.15) is 52.5 Å². The highest BCUT2D eigenvalue weighted by molar-refractivity contribution is 6.58. The number of hydrogen-bond acceptors (Lipinski definition) is 1. The van der Waals surface area contributed by atoms with Crippen LogP contribution in [0.25, 0.3) is 0 Å². The van der Waals surface area contributed by atoms with E-state index in [1.54, 1.807) is 16.1 Å². The highest BCUT2D eigenvalue weighted by Gasteiger charge is 2.23. The molecule has 2 heteroatoms. The third-order valence-electron chi connectivity index (χ3n) is 4.62. The van der Waals surface area contributed by atoms with Gasteiger partial charge in [0.15, 0.2) is 0 Å². The van der Waals surface area contributed by atoms with Crippen LogP contribution >= 0.6 is 0 Å². The summed E-state index contributed by atoms with van der Waals surface area (Å²) in [5.74, 6) is 0. The molecule has 1 aliphatic rings. The van der Waals surface area contributed by atoms with Gasteiger partial charge in [-0.2, -0.15) is 0 Å². The predicted molar refractivity (Wildman–Crippen MR) is 92.1 cm³/mol. The molecular weight excluding hydrogens is 257 g/mol. The molecule has 0 aliphatic carbocycles. The Kier molecular flexibility index (Phi) is 6.00. The van der Waals surface area contributed by atoms with Crippen molar-refractivity contribution in [1.29, 1.82) is 0 Å². The van der Waals surface area contributed by atoms with Gasteiger partial charge in [-0.25, -0.2) is 0 Å². The molecule has 0 radical (unpaired) electrons. The molecule has 1 nitrogen and oxygen atoms in total. The number of rotatable bonds is 5. The molecule has 0 saturated carbocycles. The highest BCUT2D eigenvalue weighted by Crippen LogP contribution is 2.29. The average Bonchev–Trinajstić information content (AvgIpc) is 2.41. The molecular formula is C18H30AlN. The van der Waals surface area contributed by atoms with Gasteiger partial charge >= 0.3 is 0 Å². The van der Waals surface area contributed by atoms with Gasteiger partial charge in [0, 0.05) is 17.8 Å². The first-order chi connectivity index (χ1) is 9.59. The minimum absolute atomic E-state index is 0.511. The number of benzene rings is 1. The Balaban J connectivity index is 2.20. The summed E-state index contributed by atoms with van der Waals surface area (Å²) in [7, 11) is 0.